The second-order valence-electron chi connectivity index (χ2n) is 4.24. The predicted octanol–water partition coefficient (Wildman–Crippen LogP) is 1.82. The van der Waals surface area contributed by atoms with E-state index in [1.165, 1.54) is 11.1 Å². The normalized spacial score (nSPS) is 12.2. The van der Waals surface area contributed by atoms with Gasteiger partial charge in [-0.05, 0) is 37.1 Å². The molecule has 0 saturated carbocycles. The molecule has 2 N–H and O–H groups in total. The number of aliphatic hydroxyl groups is 1. The van der Waals surface area contributed by atoms with Crippen LogP contribution in [-0.4, -0.2) is 30.9 Å². The average Bonchev–Trinajstić information content (AvgIpc) is 2.25. The Kier molecular flexibility index (Phi) is 5.73. The molecule has 0 amide bonds. The first-order chi connectivity index (χ1) is 8.11. The SMILES string of the molecule is C=CCNCC(O)COc1cc(C)cc(C)c1. The van der Waals surface area contributed by atoms with E-state index in [4.69, 9.17) is 4.74 Å². The average molecular weight is 235 g/mol. The molecule has 17 heavy (non-hydrogen) atoms. The molecule has 0 aromatic heterocycles. The van der Waals surface area contributed by atoms with Crippen LogP contribution in [0.15, 0.2) is 30.9 Å². The van der Waals surface area contributed by atoms with E-state index < -0.39 is 6.10 Å². The van der Waals surface area contributed by atoms with Crippen LogP contribution >= 0.6 is 0 Å². The van der Waals surface area contributed by atoms with Gasteiger partial charge in [0.2, 0.25) is 0 Å². The van der Waals surface area contributed by atoms with Crippen LogP contribution in [0.25, 0.3) is 0 Å². The second kappa shape index (κ2) is 7.09. The molecule has 0 fully saturated rings. The summed E-state index contributed by atoms with van der Waals surface area (Å²) in [6, 6.07) is 6.03. The third kappa shape index (κ3) is 5.52. The molecular formula is C14H21NO2. The van der Waals surface area contributed by atoms with E-state index in [0.29, 0.717) is 19.7 Å². The van der Waals surface area contributed by atoms with Gasteiger partial charge in [0.15, 0.2) is 0 Å². The minimum atomic E-state index is -0.504. The number of rotatable bonds is 7. The van der Waals surface area contributed by atoms with E-state index in [-0.39, 0.29) is 0 Å². The first-order valence-electron chi connectivity index (χ1n) is 5.82. The Balaban J connectivity index is 2.36. The summed E-state index contributed by atoms with van der Waals surface area (Å²) in [4.78, 5) is 0. The van der Waals surface area contributed by atoms with Crippen LogP contribution in [0.1, 0.15) is 11.1 Å². The van der Waals surface area contributed by atoms with E-state index in [1.807, 2.05) is 26.0 Å². The molecule has 0 bridgehead atoms. The number of hydrogen-bond acceptors (Lipinski definition) is 3. The largest absolute Gasteiger partial charge is 0.491 e. The summed E-state index contributed by atoms with van der Waals surface area (Å²) >= 11 is 0. The molecular weight excluding hydrogens is 214 g/mol. The van der Waals surface area contributed by atoms with Gasteiger partial charge in [-0.15, -0.1) is 6.58 Å². The Morgan fingerprint density at radius 2 is 2.00 bits per heavy atom. The molecule has 0 aliphatic heterocycles. The summed E-state index contributed by atoms with van der Waals surface area (Å²) < 4.78 is 5.54. The number of benzene rings is 1. The second-order valence-corrected chi connectivity index (χ2v) is 4.24. The van der Waals surface area contributed by atoms with E-state index in [0.717, 1.165) is 5.75 Å². The number of nitrogens with one attached hydrogen (secondary N) is 1. The standard InChI is InChI=1S/C14H21NO2/c1-4-5-15-9-13(16)10-17-14-7-11(2)6-12(3)8-14/h4,6-8,13,15-16H,1,5,9-10H2,2-3H3. The number of ether oxygens (including phenoxy) is 1. The first kappa shape index (κ1) is 13.7. The molecule has 1 aromatic rings. The van der Waals surface area contributed by atoms with Crippen molar-refractivity contribution in [2.45, 2.75) is 20.0 Å². The van der Waals surface area contributed by atoms with Gasteiger partial charge in [-0.25, -0.2) is 0 Å². The summed E-state index contributed by atoms with van der Waals surface area (Å²) in [5, 5.41) is 12.7. The molecule has 0 spiro atoms. The molecule has 0 aliphatic rings. The van der Waals surface area contributed by atoms with Gasteiger partial charge in [0.05, 0.1) is 0 Å². The van der Waals surface area contributed by atoms with Crippen LogP contribution in [-0.2, 0) is 0 Å². The quantitative estimate of drug-likeness (QED) is 0.559. The molecule has 1 unspecified atom stereocenters. The molecule has 94 valence electrons. The van der Waals surface area contributed by atoms with E-state index in [2.05, 4.69) is 18.0 Å². The van der Waals surface area contributed by atoms with Gasteiger partial charge in [0.25, 0.3) is 0 Å². The zero-order valence-electron chi connectivity index (χ0n) is 10.6. The van der Waals surface area contributed by atoms with Crippen molar-refractivity contribution in [1.82, 2.24) is 5.32 Å². The molecule has 0 aliphatic carbocycles. The lowest BCUT2D eigenvalue weighted by molar-refractivity contribution is 0.107. The number of aryl methyl sites for hydroxylation is 2. The fourth-order valence-corrected chi connectivity index (χ4v) is 1.62. The van der Waals surface area contributed by atoms with Gasteiger partial charge in [-0.1, -0.05) is 12.1 Å². The molecule has 1 rings (SSSR count). The van der Waals surface area contributed by atoms with Crippen molar-refractivity contribution in [1.29, 1.82) is 0 Å². The number of hydrogen-bond donors (Lipinski definition) is 2. The van der Waals surface area contributed by atoms with Crippen LogP contribution in [0.4, 0.5) is 0 Å². The zero-order chi connectivity index (χ0) is 12.7. The van der Waals surface area contributed by atoms with Gasteiger partial charge in [-0.2, -0.15) is 0 Å². The maximum absolute atomic E-state index is 9.65. The molecule has 0 radical (unpaired) electrons. The van der Waals surface area contributed by atoms with Crippen LogP contribution in [0, 0.1) is 13.8 Å². The molecule has 0 saturated heterocycles. The molecule has 1 aromatic carbocycles. The van der Waals surface area contributed by atoms with Crippen molar-refractivity contribution in [2.75, 3.05) is 19.7 Å². The van der Waals surface area contributed by atoms with Gasteiger partial charge in [0.1, 0.15) is 18.5 Å². The van der Waals surface area contributed by atoms with E-state index >= 15 is 0 Å². The lowest BCUT2D eigenvalue weighted by Crippen LogP contribution is -2.31. The topological polar surface area (TPSA) is 41.5 Å². The summed E-state index contributed by atoms with van der Waals surface area (Å²) in [5.41, 5.74) is 2.33. The summed E-state index contributed by atoms with van der Waals surface area (Å²) in [7, 11) is 0. The molecule has 0 heterocycles. The van der Waals surface area contributed by atoms with Crippen molar-refractivity contribution in [2.24, 2.45) is 0 Å². The van der Waals surface area contributed by atoms with E-state index in [9.17, 15) is 5.11 Å². The Labute approximate surface area is 103 Å². The van der Waals surface area contributed by atoms with Crippen molar-refractivity contribution in [3.05, 3.63) is 42.0 Å². The monoisotopic (exact) mass is 235 g/mol. The van der Waals surface area contributed by atoms with E-state index in [1.54, 1.807) is 6.08 Å². The van der Waals surface area contributed by atoms with Crippen LogP contribution < -0.4 is 10.1 Å². The Bertz CT molecular complexity index is 343. The Morgan fingerprint density at radius 3 is 2.59 bits per heavy atom. The molecule has 1 atom stereocenters. The van der Waals surface area contributed by atoms with Crippen molar-refractivity contribution in [3.63, 3.8) is 0 Å². The van der Waals surface area contributed by atoms with Crippen LogP contribution in [0.3, 0.4) is 0 Å². The van der Waals surface area contributed by atoms with Crippen LogP contribution in [0.5, 0.6) is 5.75 Å². The maximum atomic E-state index is 9.65. The van der Waals surface area contributed by atoms with Crippen LogP contribution in [0.2, 0.25) is 0 Å². The van der Waals surface area contributed by atoms with Crippen molar-refractivity contribution >= 4 is 0 Å². The number of aliphatic hydroxyl groups excluding tert-OH is 1. The third-order valence-electron chi connectivity index (χ3n) is 2.31. The van der Waals surface area contributed by atoms with Crippen molar-refractivity contribution < 1.29 is 9.84 Å². The zero-order valence-corrected chi connectivity index (χ0v) is 10.6. The minimum Gasteiger partial charge on any atom is -0.491 e. The molecule has 3 nitrogen and oxygen atoms in total. The van der Waals surface area contributed by atoms with Crippen molar-refractivity contribution in [3.8, 4) is 5.75 Å². The summed E-state index contributed by atoms with van der Waals surface area (Å²) in [5.74, 6) is 0.810. The lowest BCUT2D eigenvalue weighted by Gasteiger charge is -2.13. The minimum absolute atomic E-state index is 0.299. The fraction of sp³-hybridized carbons (Fsp3) is 0.429. The highest BCUT2D eigenvalue weighted by atomic mass is 16.5. The third-order valence-corrected chi connectivity index (χ3v) is 2.31. The smallest absolute Gasteiger partial charge is 0.119 e. The highest BCUT2D eigenvalue weighted by molar-refractivity contribution is 5.32. The predicted molar refractivity (Wildman–Crippen MR) is 70.5 cm³/mol. The summed E-state index contributed by atoms with van der Waals surface area (Å²) in [6.07, 6.45) is 1.26. The first-order valence-corrected chi connectivity index (χ1v) is 5.82. The highest BCUT2D eigenvalue weighted by Crippen LogP contribution is 2.16. The van der Waals surface area contributed by atoms with Gasteiger partial charge < -0.3 is 15.2 Å². The summed E-state index contributed by atoms with van der Waals surface area (Å²) in [6.45, 7) is 9.16. The molecule has 3 heteroatoms. The van der Waals surface area contributed by atoms with Gasteiger partial charge in [0, 0.05) is 13.1 Å². The maximum Gasteiger partial charge on any atom is 0.119 e. The lowest BCUT2D eigenvalue weighted by atomic mass is 10.1. The fourth-order valence-electron chi connectivity index (χ4n) is 1.62. The highest BCUT2D eigenvalue weighted by Gasteiger charge is 2.04. The Hall–Kier alpha value is -1.32. The van der Waals surface area contributed by atoms with Gasteiger partial charge >= 0.3 is 0 Å². The van der Waals surface area contributed by atoms with Gasteiger partial charge in [-0.3, -0.25) is 0 Å². The Morgan fingerprint density at radius 1 is 1.35 bits per heavy atom.